The van der Waals surface area contributed by atoms with Crippen LogP contribution in [0.25, 0.3) is 0 Å². The van der Waals surface area contributed by atoms with E-state index in [0.29, 0.717) is 25.7 Å². The highest BCUT2D eigenvalue weighted by Gasteiger charge is 2.54. The van der Waals surface area contributed by atoms with Gasteiger partial charge in [-0.15, -0.1) is 0 Å². The van der Waals surface area contributed by atoms with Gasteiger partial charge in [0.1, 0.15) is 43.2 Å². The largest absolute Gasteiger partial charge is 0.472 e. The second kappa shape index (κ2) is 42.0. The zero-order valence-corrected chi connectivity index (χ0v) is 44.8. The Labute approximate surface area is 433 Å². The van der Waals surface area contributed by atoms with Gasteiger partial charge in [-0.2, -0.15) is 0 Å². The number of phosphoric acid groups is 2. The maximum Gasteiger partial charge on any atom is 0.472 e. The summed E-state index contributed by atoms with van der Waals surface area (Å²) in [6, 6.07) is 0. The van der Waals surface area contributed by atoms with E-state index in [0.717, 1.165) is 57.8 Å². The minimum absolute atomic E-state index is 0.0673. The number of ether oxygens (including phenoxy) is 2. The lowest BCUT2D eigenvalue weighted by molar-refractivity contribution is -0.216. The summed E-state index contributed by atoms with van der Waals surface area (Å²) in [5, 5.41) is 61.4. The molecule has 0 radical (unpaired) electrons. The molecular formula is C53H88O18P2. The topological polar surface area (TPSA) is 296 Å². The number of aliphatic hydroxyl groups excluding tert-OH is 6. The van der Waals surface area contributed by atoms with Crippen molar-refractivity contribution in [3.05, 3.63) is 97.2 Å². The van der Waals surface area contributed by atoms with Crippen molar-refractivity contribution >= 4 is 27.6 Å². The van der Waals surface area contributed by atoms with Gasteiger partial charge in [0, 0.05) is 12.8 Å². The van der Waals surface area contributed by atoms with Crippen molar-refractivity contribution in [2.75, 3.05) is 13.2 Å². The average molecular weight is 1080 g/mol. The predicted molar refractivity (Wildman–Crippen MR) is 280 cm³/mol. The van der Waals surface area contributed by atoms with E-state index in [1.807, 2.05) is 37.3 Å². The molecule has 1 aliphatic carbocycles. The molecule has 0 amide bonds. The number of rotatable bonds is 42. The lowest BCUT2D eigenvalue weighted by Gasteiger charge is -2.43. The van der Waals surface area contributed by atoms with Crippen LogP contribution in [0.5, 0.6) is 0 Å². The Morgan fingerprint density at radius 3 is 1.70 bits per heavy atom. The van der Waals surface area contributed by atoms with Crippen LogP contribution in [0, 0.1) is 0 Å². The van der Waals surface area contributed by atoms with Crippen molar-refractivity contribution in [1.29, 1.82) is 0 Å². The van der Waals surface area contributed by atoms with Gasteiger partial charge in [0.15, 0.2) is 6.10 Å². The van der Waals surface area contributed by atoms with E-state index in [1.54, 1.807) is 36.5 Å². The lowest BCUT2D eigenvalue weighted by atomic mass is 9.85. The van der Waals surface area contributed by atoms with Crippen LogP contribution in [-0.2, 0) is 41.8 Å². The van der Waals surface area contributed by atoms with Crippen molar-refractivity contribution in [1.82, 2.24) is 0 Å². The van der Waals surface area contributed by atoms with Crippen LogP contribution < -0.4 is 0 Å². The smallest absolute Gasteiger partial charge is 0.462 e. The van der Waals surface area contributed by atoms with Crippen LogP contribution >= 0.6 is 15.6 Å². The molecule has 0 saturated heterocycles. The van der Waals surface area contributed by atoms with Gasteiger partial charge in [-0.3, -0.25) is 23.2 Å². The summed E-state index contributed by atoms with van der Waals surface area (Å²) >= 11 is 0. The van der Waals surface area contributed by atoms with Gasteiger partial charge in [0.25, 0.3) is 0 Å². The Morgan fingerprint density at radius 2 is 1.08 bits per heavy atom. The van der Waals surface area contributed by atoms with Crippen molar-refractivity contribution in [2.45, 2.75) is 210 Å². The zero-order valence-electron chi connectivity index (χ0n) is 43.0. The standard InChI is InChI=1S/C53H88O18P2/c1-3-5-7-8-9-10-11-12-13-14-15-16-17-18-19-20-24-27-33-39-46(56)67-41-45(42-68-73(65,66)71-53-50(60)48(58)49(59)52(51(53)61)70-72(62,63)64)69-47(57)40-34-28-32-38-44(55)37-31-26-23-21-22-25-30-36-43(54)35-29-6-4-2/h6,9-10,12-13,22-23,25-26,29-32,36-38,43-45,48-55,58-61H,3-5,7-8,11,14-21,24,27-28,33-35,39-42H2,1-2H3,(H,65,66)(H2,62,63,64)/b10-9-,13-12-,25-22-,26-23-,29-6-,36-30+,37-31+,38-32-/t43-,44-,45+,48?,49?,50?,51?,52+,53-/m0/s1. The fourth-order valence-corrected chi connectivity index (χ4v) is 8.81. The molecule has 73 heavy (non-hydrogen) atoms. The summed E-state index contributed by atoms with van der Waals surface area (Å²) in [5.41, 5.74) is 0. The Hall–Kier alpha value is -3.16. The van der Waals surface area contributed by atoms with Crippen LogP contribution in [0.2, 0.25) is 0 Å². The Balaban J connectivity index is 2.65. The van der Waals surface area contributed by atoms with E-state index in [2.05, 4.69) is 35.8 Å². The van der Waals surface area contributed by atoms with Gasteiger partial charge in [-0.1, -0.05) is 169 Å². The number of carbonyl (C=O) groups excluding carboxylic acids is 2. The third-order valence-corrected chi connectivity index (χ3v) is 12.8. The molecular weight excluding hydrogens is 987 g/mol. The van der Waals surface area contributed by atoms with E-state index in [-0.39, 0.29) is 19.3 Å². The van der Waals surface area contributed by atoms with Gasteiger partial charge in [-0.05, 0) is 70.6 Å². The first-order valence-electron chi connectivity index (χ1n) is 26.0. The van der Waals surface area contributed by atoms with E-state index in [9.17, 15) is 64.0 Å². The van der Waals surface area contributed by atoms with E-state index < -0.39 is 95.7 Å². The van der Waals surface area contributed by atoms with Gasteiger partial charge in [0.2, 0.25) is 0 Å². The Morgan fingerprint density at radius 1 is 0.534 bits per heavy atom. The second-order valence-corrected chi connectivity index (χ2v) is 20.5. The number of esters is 2. The molecule has 0 bridgehead atoms. The molecule has 0 aromatic rings. The summed E-state index contributed by atoms with van der Waals surface area (Å²) in [4.78, 5) is 54.4. The normalized spacial score (nSPS) is 22.3. The highest BCUT2D eigenvalue weighted by Crippen LogP contribution is 2.49. The number of phosphoric ester groups is 2. The zero-order chi connectivity index (χ0) is 54.2. The van der Waals surface area contributed by atoms with Gasteiger partial charge in [-0.25, -0.2) is 9.13 Å². The number of allylic oxidation sites excluding steroid dienone is 12. The first-order valence-corrected chi connectivity index (χ1v) is 29.0. The molecule has 1 fully saturated rings. The number of aliphatic hydroxyl groups is 6. The van der Waals surface area contributed by atoms with Gasteiger partial charge < -0.3 is 54.8 Å². The fraction of sp³-hybridized carbons (Fsp3) is 0.660. The molecule has 418 valence electrons. The highest BCUT2D eigenvalue weighted by molar-refractivity contribution is 7.47. The Kier molecular flexibility index (Phi) is 39.1. The monoisotopic (exact) mass is 1070 g/mol. The molecule has 1 aliphatic rings. The van der Waals surface area contributed by atoms with Crippen LogP contribution in [-0.4, -0.2) is 125 Å². The van der Waals surface area contributed by atoms with Gasteiger partial charge in [0.05, 0.1) is 18.8 Å². The van der Waals surface area contributed by atoms with E-state index in [1.165, 1.54) is 44.6 Å². The lowest BCUT2D eigenvalue weighted by Crippen LogP contribution is -2.64. The van der Waals surface area contributed by atoms with E-state index >= 15 is 0 Å². The predicted octanol–water partition coefficient (Wildman–Crippen LogP) is 8.67. The molecule has 10 atom stereocenters. The molecule has 0 aliphatic heterocycles. The molecule has 20 heteroatoms. The summed E-state index contributed by atoms with van der Waals surface area (Å²) in [6.45, 7) is 2.75. The third kappa shape index (κ3) is 36.5. The second-order valence-electron chi connectivity index (χ2n) is 17.9. The number of carbonyl (C=O) groups is 2. The van der Waals surface area contributed by atoms with Gasteiger partial charge >= 0.3 is 27.6 Å². The Bertz CT molecular complexity index is 1810. The molecule has 18 nitrogen and oxygen atoms in total. The summed E-state index contributed by atoms with van der Waals surface area (Å²) in [7, 11) is -10.8. The SMILES string of the molecule is CC/C=C\C[C@H](O)/C=C/C=C\C/C=C\C=C\[C@H](O)/C=C\CCCC(=O)O[C@H](COC(=O)CCCCCCCCCCC/C=C\C/C=C\CCCCC)COP(=O)(O)O[C@H]1C(O)C(O)C(O)[C@@H](OP(=O)(O)O)C1O. The fourth-order valence-electron chi connectivity index (χ4n) is 7.27. The third-order valence-electron chi connectivity index (χ3n) is 11.3. The highest BCUT2D eigenvalue weighted by atomic mass is 31.2. The van der Waals surface area contributed by atoms with Crippen molar-refractivity contribution in [3.63, 3.8) is 0 Å². The summed E-state index contributed by atoms with van der Waals surface area (Å²) < 4.78 is 49.3. The minimum Gasteiger partial charge on any atom is -0.462 e. The van der Waals surface area contributed by atoms with Crippen LogP contribution in [0.3, 0.4) is 0 Å². The van der Waals surface area contributed by atoms with Crippen LogP contribution in [0.15, 0.2) is 97.2 Å². The molecule has 5 unspecified atom stereocenters. The molecule has 9 N–H and O–H groups in total. The molecule has 1 rings (SSSR count). The molecule has 1 saturated carbocycles. The van der Waals surface area contributed by atoms with Crippen LogP contribution in [0.1, 0.15) is 155 Å². The molecule has 0 aromatic carbocycles. The number of unbranched alkanes of at least 4 members (excludes halogenated alkanes) is 13. The molecule has 0 heterocycles. The van der Waals surface area contributed by atoms with Crippen molar-refractivity contribution in [3.8, 4) is 0 Å². The quantitative estimate of drug-likeness (QED) is 0.00908. The van der Waals surface area contributed by atoms with E-state index in [4.69, 9.17) is 18.5 Å². The summed E-state index contributed by atoms with van der Waals surface area (Å²) in [6.07, 6.45) is 32.6. The molecule has 0 spiro atoms. The molecule has 0 aromatic heterocycles. The average Bonchev–Trinajstić information content (AvgIpc) is 3.34. The number of hydrogen-bond donors (Lipinski definition) is 9. The maximum atomic E-state index is 13.0. The maximum absolute atomic E-state index is 13.0. The van der Waals surface area contributed by atoms with Crippen molar-refractivity contribution < 1.29 is 87.1 Å². The van der Waals surface area contributed by atoms with Crippen LogP contribution in [0.4, 0.5) is 0 Å². The first-order chi connectivity index (χ1) is 34.9. The summed E-state index contributed by atoms with van der Waals surface area (Å²) in [5.74, 6) is -1.40. The number of hydrogen-bond acceptors (Lipinski definition) is 15. The van der Waals surface area contributed by atoms with Crippen molar-refractivity contribution in [2.24, 2.45) is 0 Å². The first kappa shape index (κ1) is 67.9. The minimum atomic E-state index is -5.40.